The Morgan fingerprint density at radius 2 is 1.33 bits per heavy atom. The molecule has 1 N–H and O–H groups in total. The number of benzene rings is 3. The molecule has 0 amide bonds. The fourth-order valence-corrected chi connectivity index (χ4v) is 5.83. The van der Waals surface area contributed by atoms with Crippen LogP contribution in [-0.2, 0) is 39.8 Å². The van der Waals surface area contributed by atoms with E-state index in [4.69, 9.17) is 38.6 Å². The van der Waals surface area contributed by atoms with Crippen molar-refractivity contribution in [3.05, 3.63) is 127 Å². The minimum Gasteiger partial charge on any atom is -0.494 e. The van der Waals surface area contributed by atoms with Crippen molar-refractivity contribution in [2.24, 2.45) is 0 Å². The minimum absolute atomic E-state index is 0.0759. The Hall–Kier alpha value is -6.50. The molecule has 0 spiro atoms. The van der Waals surface area contributed by atoms with Crippen molar-refractivity contribution in [3.63, 3.8) is 0 Å². The molecule has 0 fully saturated rings. The lowest BCUT2D eigenvalue weighted by Gasteiger charge is -2.34. The molecule has 0 aliphatic carbocycles. The normalized spacial score (nSPS) is 11.5. The Bertz CT molecular complexity index is 1930. The van der Waals surface area contributed by atoms with Gasteiger partial charge in [0.1, 0.15) is 41.2 Å². The van der Waals surface area contributed by atoms with E-state index in [0.717, 1.165) is 30.0 Å². The van der Waals surface area contributed by atoms with Crippen LogP contribution in [0.3, 0.4) is 0 Å². The third-order valence-corrected chi connectivity index (χ3v) is 8.24. The molecular formula is C45H51NO12. The van der Waals surface area contributed by atoms with Crippen LogP contribution in [0.1, 0.15) is 85.2 Å². The molecule has 0 heterocycles. The number of hydrogen-bond donors (Lipinski definition) is 1. The van der Waals surface area contributed by atoms with Crippen LogP contribution in [0.15, 0.2) is 105 Å². The van der Waals surface area contributed by atoms with Gasteiger partial charge in [0.15, 0.2) is 0 Å². The van der Waals surface area contributed by atoms with Crippen LogP contribution in [0, 0.1) is 5.41 Å². The minimum atomic E-state index is -0.787. The van der Waals surface area contributed by atoms with Crippen LogP contribution < -0.4 is 14.2 Å². The SMILES string of the molecule is C=CC(=O)OCC(CCCCOc1ccc(C(=O)Oc2ccc(CCOC(=O)c3ccc(OC(C)(C)CC(C)(C)OC(=O)C=C)cc3)cc2C=N)cc1)OC(=O)C=C. The van der Waals surface area contributed by atoms with Crippen molar-refractivity contribution >= 4 is 36.1 Å². The number of nitrogens with one attached hydrogen (secondary N) is 1. The maximum absolute atomic E-state index is 12.9. The number of unbranched alkanes of at least 4 members (excludes halogenated alkanes) is 1. The highest BCUT2D eigenvalue weighted by Crippen LogP contribution is 2.29. The first-order chi connectivity index (χ1) is 27.6. The van der Waals surface area contributed by atoms with Gasteiger partial charge >= 0.3 is 29.8 Å². The number of carbonyl (C=O) groups is 5. The van der Waals surface area contributed by atoms with E-state index < -0.39 is 47.2 Å². The van der Waals surface area contributed by atoms with E-state index in [1.807, 2.05) is 13.8 Å². The molecule has 0 bridgehead atoms. The van der Waals surface area contributed by atoms with Crippen LogP contribution in [-0.4, -0.2) is 73.2 Å². The third-order valence-electron chi connectivity index (χ3n) is 8.24. The van der Waals surface area contributed by atoms with E-state index in [1.54, 1.807) is 80.6 Å². The second-order valence-corrected chi connectivity index (χ2v) is 14.2. The summed E-state index contributed by atoms with van der Waals surface area (Å²) in [7, 11) is 0. The number of carbonyl (C=O) groups excluding carboxylic acids is 5. The van der Waals surface area contributed by atoms with Gasteiger partial charge < -0.3 is 38.6 Å². The fraction of sp³-hybridized carbons (Fsp3) is 0.333. The standard InChI is InChI=1S/C45H51NO12/c1-8-39(47)54-29-37(55-40(48)9-2)13-11-12-25-52-35-19-15-33(16-20-35)43(51)56-38-23-14-31(27-34(38)28-46)24-26-53-42(50)32-17-21-36(22-18-32)57-44(4,5)30-45(6,7)58-41(49)10-3/h8-10,14-23,27-28,37,46H,1-3,11-13,24-26,29-30H2,4-7H3. The fourth-order valence-electron chi connectivity index (χ4n) is 5.83. The zero-order valence-corrected chi connectivity index (χ0v) is 33.4. The highest BCUT2D eigenvalue weighted by atomic mass is 16.6. The Labute approximate surface area is 339 Å². The Morgan fingerprint density at radius 1 is 0.707 bits per heavy atom. The summed E-state index contributed by atoms with van der Waals surface area (Å²) in [5.41, 5.74) is 0.285. The van der Waals surface area contributed by atoms with Gasteiger partial charge in [-0.1, -0.05) is 25.8 Å². The monoisotopic (exact) mass is 797 g/mol. The first-order valence-electron chi connectivity index (χ1n) is 18.6. The smallest absolute Gasteiger partial charge is 0.343 e. The summed E-state index contributed by atoms with van der Waals surface area (Å²) in [5, 5.41) is 7.87. The van der Waals surface area contributed by atoms with E-state index in [2.05, 4.69) is 19.7 Å². The first-order valence-corrected chi connectivity index (χ1v) is 18.6. The van der Waals surface area contributed by atoms with Crippen LogP contribution in [0.2, 0.25) is 0 Å². The van der Waals surface area contributed by atoms with Gasteiger partial charge in [0.2, 0.25) is 0 Å². The molecule has 3 rings (SSSR count). The molecule has 0 saturated heterocycles. The van der Waals surface area contributed by atoms with E-state index in [0.29, 0.717) is 61.3 Å². The Morgan fingerprint density at radius 3 is 1.95 bits per heavy atom. The predicted molar refractivity (Wildman–Crippen MR) is 216 cm³/mol. The summed E-state index contributed by atoms with van der Waals surface area (Å²) in [6, 6.07) is 18.0. The van der Waals surface area contributed by atoms with Crippen molar-refractivity contribution in [1.82, 2.24) is 0 Å². The van der Waals surface area contributed by atoms with Gasteiger partial charge in [-0.15, -0.1) is 0 Å². The number of esters is 5. The van der Waals surface area contributed by atoms with Gasteiger partial charge in [-0.2, -0.15) is 0 Å². The van der Waals surface area contributed by atoms with Gasteiger partial charge in [0.05, 0.1) is 24.3 Å². The van der Waals surface area contributed by atoms with Gasteiger partial charge in [0, 0.05) is 42.8 Å². The van der Waals surface area contributed by atoms with Crippen molar-refractivity contribution in [2.75, 3.05) is 19.8 Å². The molecule has 0 saturated carbocycles. The molecule has 3 aromatic carbocycles. The van der Waals surface area contributed by atoms with Crippen LogP contribution in [0.4, 0.5) is 0 Å². The quantitative estimate of drug-likeness (QED) is 0.0234. The first kappa shape index (κ1) is 45.9. The van der Waals surface area contributed by atoms with Crippen molar-refractivity contribution in [2.45, 2.75) is 77.1 Å². The van der Waals surface area contributed by atoms with Crippen molar-refractivity contribution in [1.29, 1.82) is 5.41 Å². The van der Waals surface area contributed by atoms with Gasteiger partial charge in [-0.25, -0.2) is 24.0 Å². The molecule has 308 valence electrons. The topological polar surface area (TPSA) is 174 Å². The summed E-state index contributed by atoms with van der Waals surface area (Å²) in [4.78, 5) is 60.3. The second-order valence-electron chi connectivity index (χ2n) is 14.2. The lowest BCUT2D eigenvalue weighted by atomic mass is 9.92. The lowest BCUT2D eigenvalue weighted by molar-refractivity contribution is -0.154. The zero-order valence-electron chi connectivity index (χ0n) is 33.4. The zero-order chi connectivity index (χ0) is 42.7. The predicted octanol–water partition coefficient (Wildman–Crippen LogP) is 7.73. The summed E-state index contributed by atoms with van der Waals surface area (Å²) in [5.74, 6) is -1.60. The van der Waals surface area contributed by atoms with E-state index in [-0.39, 0.29) is 24.5 Å². The average Bonchev–Trinajstić information content (AvgIpc) is 3.19. The lowest BCUT2D eigenvalue weighted by Crippen LogP contribution is -2.40. The van der Waals surface area contributed by atoms with E-state index in [9.17, 15) is 24.0 Å². The number of rotatable bonds is 24. The summed E-state index contributed by atoms with van der Waals surface area (Å²) < 4.78 is 38.6. The maximum atomic E-state index is 12.9. The Kier molecular flexibility index (Phi) is 17.6. The molecule has 0 radical (unpaired) electrons. The molecular weight excluding hydrogens is 746 g/mol. The number of hydrogen-bond acceptors (Lipinski definition) is 13. The van der Waals surface area contributed by atoms with Crippen molar-refractivity contribution in [3.8, 4) is 17.2 Å². The molecule has 1 unspecified atom stereocenters. The molecule has 1 atom stereocenters. The van der Waals surface area contributed by atoms with Crippen LogP contribution in [0.25, 0.3) is 0 Å². The second kappa shape index (κ2) is 22.3. The molecule has 0 aromatic heterocycles. The number of ether oxygens (including phenoxy) is 7. The summed E-state index contributed by atoms with van der Waals surface area (Å²) >= 11 is 0. The van der Waals surface area contributed by atoms with E-state index >= 15 is 0 Å². The highest BCUT2D eigenvalue weighted by molar-refractivity contribution is 5.93. The average molecular weight is 798 g/mol. The molecule has 13 nitrogen and oxygen atoms in total. The molecule has 3 aromatic rings. The molecule has 0 aliphatic rings. The third kappa shape index (κ3) is 15.9. The van der Waals surface area contributed by atoms with Crippen molar-refractivity contribution < 1.29 is 57.1 Å². The summed E-state index contributed by atoms with van der Waals surface area (Å²) in [6.45, 7) is 17.8. The summed E-state index contributed by atoms with van der Waals surface area (Å²) in [6.07, 6.45) is 6.08. The highest BCUT2D eigenvalue weighted by Gasteiger charge is 2.33. The largest absolute Gasteiger partial charge is 0.494 e. The van der Waals surface area contributed by atoms with Crippen LogP contribution in [0.5, 0.6) is 17.2 Å². The van der Waals surface area contributed by atoms with Gasteiger partial charge in [0.25, 0.3) is 0 Å². The molecule has 0 aliphatic heterocycles. The molecule has 13 heteroatoms. The van der Waals surface area contributed by atoms with E-state index in [1.165, 1.54) is 0 Å². The van der Waals surface area contributed by atoms with Gasteiger partial charge in [-0.3, -0.25) is 0 Å². The van der Waals surface area contributed by atoms with Crippen LogP contribution >= 0.6 is 0 Å². The Balaban J connectivity index is 1.44. The molecule has 58 heavy (non-hydrogen) atoms. The maximum Gasteiger partial charge on any atom is 0.343 e. The van der Waals surface area contributed by atoms with Gasteiger partial charge in [-0.05, 0) is 113 Å².